The van der Waals surface area contributed by atoms with Crippen LogP contribution in [0.5, 0.6) is 0 Å². The van der Waals surface area contributed by atoms with E-state index in [0.717, 1.165) is 23.7 Å². The van der Waals surface area contributed by atoms with E-state index in [9.17, 15) is 0 Å². The van der Waals surface area contributed by atoms with Crippen LogP contribution in [-0.2, 0) is 0 Å². The van der Waals surface area contributed by atoms with Crippen molar-refractivity contribution >= 4 is 23.2 Å². The van der Waals surface area contributed by atoms with Crippen LogP contribution in [0.3, 0.4) is 0 Å². The highest BCUT2D eigenvalue weighted by molar-refractivity contribution is 6.33. The lowest BCUT2D eigenvalue weighted by molar-refractivity contribution is 0.565. The van der Waals surface area contributed by atoms with Crippen LogP contribution in [0, 0.1) is 0 Å². The summed E-state index contributed by atoms with van der Waals surface area (Å²) in [5, 5.41) is 0.737. The number of aliphatic imine (C=N–C) groups is 1. The van der Waals surface area contributed by atoms with Crippen molar-refractivity contribution in [2.24, 2.45) is 10.7 Å². The Morgan fingerprint density at radius 1 is 1.32 bits per heavy atom. The van der Waals surface area contributed by atoms with Crippen LogP contribution in [0.15, 0.2) is 29.3 Å². The number of anilines is 1. The highest BCUT2D eigenvalue weighted by Crippen LogP contribution is 2.30. The standard InChI is InChI=1S/C15H22ClN3/c1-2-3-4-5-8-12-11-18-15(17)19(12)14-10-7-6-9-13(14)16/h6-7,9-10,12H,2-5,8,11H2,1H3,(H2,17,18). The van der Waals surface area contributed by atoms with Crippen LogP contribution in [0.25, 0.3) is 0 Å². The molecule has 0 radical (unpaired) electrons. The van der Waals surface area contributed by atoms with E-state index in [2.05, 4.69) is 16.8 Å². The van der Waals surface area contributed by atoms with E-state index >= 15 is 0 Å². The van der Waals surface area contributed by atoms with E-state index < -0.39 is 0 Å². The van der Waals surface area contributed by atoms with Gasteiger partial charge < -0.3 is 10.6 Å². The summed E-state index contributed by atoms with van der Waals surface area (Å²) in [5.74, 6) is 0.591. The van der Waals surface area contributed by atoms with Gasteiger partial charge in [-0.3, -0.25) is 4.99 Å². The molecule has 0 amide bonds. The number of rotatable bonds is 6. The van der Waals surface area contributed by atoms with Crippen molar-refractivity contribution in [1.82, 2.24) is 0 Å². The molecule has 2 N–H and O–H groups in total. The molecule has 0 aromatic heterocycles. The number of benzene rings is 1. The number of guanidine groups is 1. The lowest BCUT2D eigenvalue weighted by Crippen LogP contribution is -2.41. The first-order chi connectivity index (χ1) is 9.24. The van der Waals surface area contributed by atoms with Crippen LogP contribution < -0.4 is 10.6 Å². The Kier molecular flexibility index (Phi) is 5.08. The minimum atomic E-state index is 0.358. The minimum absolute atomic E-state index is 0.358. The van der Waals surface area contributed by atoms with Crippen molar-refractivity contribution in [2.45, 2.75) is 45.1 Å². The molecule has 1 aliphatic rings. The lowest BCUT2D eigenvalue weighted by atomic mass is 10.1. The first kappa shape index (κ1) is 14.2. The number of halogens is 1. The number of unbranched alkanes of at least 4 members (excludes halogenated alkanes) is 3. The van der Waals surface area contributed by atoms with Gasteiger partial charge >= 0.3 is 0 Å². The van der Waals surface area contributed by atoms with Crippen molar-refractivity contribution in [2.75, 3.05) is 11.4 Å². The molecule has 1 aromatic rings. The molecule has 1 aromatic carbocycles. The minimum Gasteiger partial charge on any atom is -0.370 e. The molecule has 0 bridgehead atoms. The van der Waals surface area contributed by atoms with Gasteiger partial charge in [0.2, 0.25) is 0 Å². The van der Waals surface area contributed by atoms with Crippen LogP contribution in [0.4, 0.5) is 5.69 Å². The molecular weight excluding hydrogens is 258 g/mol. The number of para-hydroxylation sites is 1. The van der Waals surface area contributed by atoms with Gasteiger partial charge in [-0.2, -0.15) is 0 Å². The molecule has 1 atom stereocenters. The molecule has 0 saturated carbocycles. The quantitative estimate of drug-likeness (QED) is 0.805. The summed E-state index contributed by atoms with van der Waals surface area (Å²) in [4.78, 5) is 6.47. The van der Waals surface area contributed by atoms with Gasteiger partial charge in [0.15, 0.2) is 5.96 Å². The average molecular weight is 280 g/mol. The number of nitrogens with zero attached hydrogens (tertiary/aromatic N) is 2. The molecule has 0 spiro atoms. The second-order valence-electron chi connectivity index (χ2n) is 5.02. The third kappa shape index (κ3) is 3.41. The van der Waals surface area contributed by atoms with Gasteiger partial charge in [0.25, 0.3) is 0 Å². The predicted octanol–water partition coefficient (Wildman–Crippen LogP) is 3.81. The van der Waals surface area contributed by atoms with Gasteiger partial charge in [0, 0.05) is 0 Å². The second kappa shape index (κ2) is 6.80. The van der Waals surface area contributed by atoms with Gasteiger partial charge in [-0.1, -0.05) is 56.3 Å². The Morgan fingerprint density at radius 2 is 2.11 bits per heavy atom. The van der Waals surface area contributed by atoms with E-state index in [-0.39, 0.29) is 0 Å². The first-order valence-electron chi connectivity index (χ1n) is 7.07. The Labute approximate surface area is 120 Å². The van der Waals surface area contributed by atoms with Crippen molar-refractivity contribution in [3.63, 3.8) is 0 Å². The van der Waals surface area contributed by atoms with Crippen molar-refractivity contribution < 1.29 is 0 Å². The van der Waals surface area contributed by atoms with E-state index in [0.29, 0.717) is 12.0 Å². The predicted molar refractivity (Wildman–Crippen MR) is 83.0 cm³/mol. The molecule has 1 unspecified atom stereocenters. The molecule has 19 heavy (non-hydrogen) atoms. The van der Waals surface area contributed by atoms with Gasteiger partial charge in [0.05, 0.1) is 23.3 Å². The van der Waals surface area contributed by atoms with Gasteiger partial charge in [-0.15, -0.1) is 0 Å². The van der Waals surface area contributed by atoms with Gasteiger partial charge in [0.1, 0.15) is 0 Å². The van der Waals surface area contributed by atoms with Crippen LogP contribution in [0.2, 0.25) is 5.02 Å². The van der Waals surface area contributed by atoms with Crippen molar-refractivity contribution in [1.29, 1.82) is 0 Å². The maximum Gasteiger partial charge on any atom is 0.196 e. The summed E-state index contributed by atoms with van der Waals surface area (Å²) >= 11 is 6.27. The first-order valence-corrected chi connectivity index (χ1v) is 7.45. The zero-order chi connectivity index (χ0) is 13.7. The Hall–Kier alpha value is -1.22. The fraction of sp³-hybridized carbons (Fsp3) is 0.533. The molecule has 2 rings (SSSR count). The third-order valence-corrected chi connectivity index (χ3v) is 3.90. The SMILES string of the molecule is CCCCCCC1CN=C(N)N1c1ccccc1Cl. The fourth-order valence-electron chi connectivity index (χ4n) is 2.54. The Bertz CT molecular complexity index is 445. The van der Waals surface area contributed by atoms with Crippen LogP contribution in [0.1, 0.15) is 39.0 Å². The topological polar surface area (TPSA) is 41.6 Å². The zero-order valence-electron chi connectivity index (χ0n) is 11.5. The molecule has 3 nitrogen and oxygen atoms in total. The number of hydrogen-bond donors (Lipinski definition) is 1. The third-order valence-electron chi connectivity index (χ3n) is 3.58. The van der Waals surface area contributed by atoms with E-state index in [1.165, 1.54) is 25.7 Å². The summed E-state index contributed by atoms with van der Waals surface area (Å²) in [5.41, 5.74) is 6.99. The highest BCUT2D eigenvalue weighted by Gasteiger charge is 2.28. The summed E-state index contributed by atoms with van der Waals surface area (Å²) in [6.45, 7) is 3.01. The summed E-state index contributed by atoms with van der Waals surface area (Å²) in [6, 6.07) is 8.19. The molecule has 4 heteroatoms. The highest BCUT2D eigenvalue weighted by atomic mass is 35.5. The molecule has 0 fully saturated rings. The molecule has 1 heterocycles. The summed E-state index contributed by atoms with van der Waals surface area (Å²) in [7, 11) is 0. The normalized spacial score (nSPS) is 18.7. The second-order valence-corrected chi connectivity index (χ2v) is 5.43. The lowest BCUT2D eigenvalue weighted by Gasteiger charge is -2.27. The summed E-state index contributed by atoms with van der Waals surface area (Å²) < 4.78 is 0. The zero-order valence-corrected chi connectivity index (χ0v) is 12.2. The van der Waals surface area contributed by atoms with E-state index in [4.69, 9.17) is 17.3 Å². The smallest absolute Gasteiger partial charge is 0.196 e. The molecular formula is C15H22ClN3. The monoisotopic (exact) mass is 279 g/mol. The van der Waals surface area contributed by atoms with E-state index in [1.54, 1.807) is 0 Å². The average Bonchev–Trinajstić information content (AvgIpc) is 2.77. The maximum absolute atomic E-state index is 6.27. The Morgan fingerprint density at radius 3 is 2.84 bits per heavy atom. The molecule has 1 aliphatic heterocycles. The molecule has 0 saturated heterocycles. The van der Waals surface area contributed by atoms with Crippen LogP contribution in [-0.4, -0.2) is 18.5 Å². The Balaban J connectivity index is 2.03. The number of hydrogen-bond acceptors (Lipinski definition) is 3. The number of nitrogens with two attached hydrogens (primary N) is 1. The van der Waals surface area contributed by atoms with Crippen LogP contribution >= 0.6 is 11.6 Å². The molecule has 104 valence electrons. The molecule has 0 aliphatic carbocycles. The van der Waals surface area contributed by atoms with Crippen molar-refractivity contribution in [3.05, 3.63) is 29.3 Å². The summed E-state index contributed by atoms with van der Waals surface area (Å²) in [6.07, 6.45) is 6.19. The van der Waals surface area contributed by atoms with Crippen molar-refractivity contribution in [3.8, 4) is 0 Å². The van der Waals surface area contributed by atoms with Gasteiger partial charge in [-0.25, -0.2) is 0 Å². The largest absolute Gasteiger partial charge is 0.370 e. The van der Waals surface area contributed by atoms with E-state index in [1.807, 2.05) is 24.3 Å². The maximum atomic E-state index is 6.27. The fourth-order valence-corrected chi connectivity index (χ4v) is 2.76. The van der Waals surface area contributed by atoms with Gasteiger partial charge in [-0.05, 0) is 18.6 Å².